The molecule has 2 rings (SSSR count). The molecule has 2 aromatic carbocycles. The van der Waals surface area contributed by atoms with Crippen LogP contribution in [0.25, 0.3) is 0 Å². The highest BCUT2D eigenvalue weighted by Crippen LogP contribution is 2.58. The molecule has 0 fully saturated rings. The molecule has 0 aliphatic carbocycles. The summed E-state index contributed by atoms with van der Waals surface area (Å²) in [6, 6.07) is 8.11. The van der Waals surface area contributed by atoms with Crippen LogP contribution in [0, 0.1) is 0 Å². The van der Waals surface area contributed by atoms with Crippen molar-refractivity contribution in [2.45, 2.75) is 0 Å². The molecule has 0 saturated carbocycles. The third-order valence-electron chi connectivity index (χ3n) is 2.44. The van der Waals surface area contributed by atoms with Gasteiger partial charge in [0.25, 0.3) is 0 Å². The maximum Gasteiger partial charge on any atom is 0.536 e. The van der Waals surface area contributed by atoms with E-state index in [-0.39, 0.29) is 21.5 Å². The number of phosphoric acid groups is 2. The van der Waals surface area contributed by atoms with Crippen molar-refractivity contribution < 1.29 is 37.4 Å². The third kappa shape index (κ3) is 6.46. The normalized spacial score (nSPS) is 14.0. The number of ether oxygens (including phenoxy) is 1. The Kier molecular flexibility index (Phi) is 6.44. The molecule has 0 saturated heterocycles. The Morgan fingerprint density at radius 2 is 1.36 bits per heavy atom. The van der Waals surface area contributed by atoms with Crippen molar-refractivity contribution in [3.63, 3.8) is 0 Å². The van der Waals surface area contributed by atoms with Crippen LogP contribution in [0.5, 0.6) is 17.2 Å². The molecule has 1 unspecified atom stereocenters. The zero-order chi connectivity index (χ0) is 18.8. The topological polar surface area (TPSA) is 123 Å². The van der Waals surface area contributed by atoms with E-state index < -0.39 is 21.4 Å². The van der Waals surface area contributed by atoms with E-state index in [0.29, 0.717) is 5.02 Å². The van der Waals surface area contributed by atoms with Crippen LogP contribution in [-0.2, 0) is 13.4 Å². The van der Waals surface area contributed by atoms with Crippen LogP contribution in [-0.4, -0.2) is 14.7 Å². The van der Waals surface area contributed by atoms with E-state index in [1.165, 1.54) is 30.3 Å². The minimum Gasteiger partial charge on any atom is -0.452 e. The third-order valence-corrected chi connectivity index (χ3v) is 5.31. The van der Waals surface area contributed by atoms with Crippen molar-refractivity contribution in [1.29, 1.82) is 0 Å². The van der Waals surface area contributed by atoms with Gasteiger partial charge in [0, 0.05) is 16.1 Å². The van der Waals surface area contributed by atoms with Gasteiger partial charge in [0.2, 0.25) is 0 Å². The van der Waals surface area contributed by atoms with Crippen LogP contribution in [0.1, 0.15) is 0 Å². The largest absolute Gasteiger partial charge is 0.536 e. The van der Waals surface area contributed by atoms with E-state index in [1.54, 1.807) is 0 Å². The first-order valence-corrected chi connectivity index (χ1v) is 10.3. The van der Waals surface area contributed by atoms with Gasteiger partial charge in [-0.1, -0.05) is 34.8 Å². The Hall–Kier alpha value is -0.790. The van der Waals surface area contributed by atoms with E-state index in [2.05, 4.69) is 8.83 Å². The van der Waals surface area contributed by atoms with Crippen LogP contribution < -0.4 is 9.26 Å². The van der Waals surface area contributed by atoms with Crippen molar-refractivity contribution in [3.05, 3.63) is 51.5 Å². The molecular weight excluding hydrogens is 440 g/mol. The van der Waals surface area contributed by atoms with Gasteiger partial charge >= 0.3 is 15.6 Å². The number of hydrogen-bond acceptors (Lipinski definition) is 5. The number of hydrogen-bond donors (Lipinski definition) is 3. The Bertz CT molecular complexity index is 885. The Labute approximate surface area is 156 Å². The van der Waals surface area contributed by atoms with E-state index in [0.717, 1.165) is 6.07 Å². The fourth-order valence-electron chi connectivity index (χ4n) is 1.59. The van der Waals surface area contributed by atoms with Crippen molar-refractivity contribution in [3.8, 4) is 17.2 Å². The Balaban J connectivity index is 2.34. The minimum absolute atomic E-state index is 0.0979. The summed E-state index contributed by atoms with van der Waals surface area (Å²) in [6.45, 7) is 0. The summed E-state index contributed by atoms with van der Waals surface area (Å²) >= 11 is 17.5. The molecule has 3 N–H and O–H groups in total. The lowest BCUT2D eigenvalue weighted by atomic mass is 10.3. The van der Waals surface area contributed by atoms with Gasteiger partial charge in [0.1, 0.15) is 5.75 Å². The molecule has 0 radical (unpaired) electrons. The van der Waals surface area contributed by atoms with Crippen LogP contribution in [0.3, 0.4) is 0 Å². The molecule has 8 nitrogen and oxygen atoms in total. The van der Waals surface area contributed by atoms with Crippen LogP contribution in [0.4, 0.5) is 0 Å². The minimum atomic E-state index is -5.28. The summed E-state index contributed by atoms with van der Waals surface area (Å²) in [6.07, 6.45) is 0. The zero-order valence-corrected chi connectivity index (χ0v) is 15.9. The van der Waals surface area contributed by atoms with Crippen LogP contribution >= 0.6 is 50.4 Å². The lowest BCUT2D eigenvalue weighted by Crippen LogP contribution is -1.98. The molecule has 2 aromatic rings. The lowest BCUT2D eigenvalue weighted by molar-refractivity contribution is 0.228. The van der Waals surface area contributed by atoms with Crippen molar-refractivity contribution >= 4 is 50.4 Å². The predicted octanol–water partition coefficient (Wildman–Crippen LogP) is 5.03. The average Bonchev–Trinajstić information content (AvgIpc) is 2.41. The van der Waals surface area contributed by atoms with Crippen LogP contribution in [0.2, 0.25) is 15.1 Å². The number of phosphoric ester groups is 1. The van der Waals surface area contributed by atoms with Gasteiger partial charge in [-0.25, -0.2) is 9.13 Å². The highest BCUT2D eigenvalue weighted by molar-refractivity contribution is 7.60. The molecule has 13 heteroatoms. The zero-order valence-electron chi connectivity index (χ0n) is 11.9. The molecule has 0 aliphatic heterocycles. The van der Waals surface area contributed by atoms with Crippen molar-refractivity contribution in [1.82, 2.24) is 0 Å². The average molecular weight is 450 g/mol. The van der Waals surface area contributed by atoms with Crippen molar-refractivity contribution in [2.24, 2.45) is 0 Å². The van der Waals surface area contributed by atoms with Crippen LogP contribution in [0.15, 0.2) is 36.4 Å². The molecule has 0 spiro atoms. The molecule has 0 aromatic heterocycles. The monoisotopic (exact) mass is 448 g/mol. The fourth-order valence-corrected chi connectivity index (χ4v) is 3.80. The summed E-state index contributed by atoms with van der Waals surface area (Å²) in [5.41, 5.74) is 0. The highest BCUT2D eigenvalue weighted by atomic mass is 35.5. The second kappa shape index (κ2) is 7.84. The number of halogens is 3. The summed E-state index contributed by atoms with van der Waals surface area (Å²) < 4.78 is 36.3. The molecular formula is C12H9Cl3O8P2. The van der Waals surface area contributed by atoms with E-state index in [9.17, 15) is 14.0 Å². The number of benzene rings is 2. The molecule has 0 aliphatic rings. The molecule has 136 valence electrons. The summed E-state index contributed by atoms with van der Waals surface area (Å²) in [4.78, 5) is 26.7. The van der Waals surface area contributed by atoms with Crippen molar-refractivity contribution in [2.75, 3.05) is 0 Å². The summed E-state index contributed by atoms with van der Waals surface area (Å²) in [5.74, 6) is -0.378. The molecule has 0 bridgehead atoms. The summed E-state index contributed by atoms with van der Waals surface area (Å²) in [5, 5.41) is 0.604. The fraction of sp³-hybridized carbons (Fsp3) is 0. The lowest BCUT2D eigenvalue weighted by Gasteiger charge is -2.16. The van der Waals surface area contributed by atoms with Gasteiger partial charge in [-0.3, -0.25) is 4.89 Å². The quantitative estimate of drug-likeness (QED) is 0.525. The molecule has 0 amide bonds. The van der Waals surface area contributed by atoms with E-state index >= 15 is 0 Å². The van der Waals surface area contributed by atoms with Gasteiger partial charge in [-0.15, -0.1) is 0 Å². The smallest absolute Gasteiger partial charge is 0.452 e. The second-order valence-electron chi connectivity index (χ2n) is 4.40. The van der Waals surface area contributed by atoms with Gasteiger partial charge in [-0.05, 0) is 30.3 Å². The first-order chi connectivity index (χ1) is 11.5. The van der Waals surface area contributed by atoms with Gasteiger partial charge < -0.3 is 19.0 Å². The van der Waals surface area contributed by atoms with E-state index in [4.69, 9.17) is 49.3 Å². The first-order valence-electron chi connectivity index (χ1n) is 6.17. The summed E-state index contributed by atoms with van der Waals surface area (Å²) in [7, 11) is -10.4. The second-order valence-corrected chi connectivity index (χ2v) is 8.43. The maximum atomic E-state index is 11.7. The molecule has 0 heterocycles. The maximum absolute atomic E-state index is 11.7. The predicted molar refractivity (Wildman–Crippen MR) is 91.6 cm³/mol. The Morgan fingerprint density at radius 3 is 1.92 bits per heavy atom. The molecule has 1 atom stereocenters. The highest BCUT2D eigenvalue weighted by Gasteiger charge is 2.34. The molecule has 25 heavy (non-hydrogen) atoms. The van der Waals surface area contributed by atoms with Gasteiger partial charge in [-0.2, -0.15) is 4.31 Å². The standard InChI is InChI=1S/C12H9Cl3O8P2/c13-7-1-3-10(9(15)5-7)21-11-4-2-8(14)6-12(11)22-25(19,20)23-24(16,17)18/h1-6H,(H,19,20)(H2,16,17,18). The Morgan fingerprint density at radius 1 is 0.800 bits per heavy atom. The number of rotatable bonds is 6. The van der Waals surface area contributed by atoms with Gasteiger partial charge in [0.05, 0.1) is 5.02 Å². The first kappa shape index (κ1) is 20.5. The van der Waals surface area contributed by atoms with E-state index in [1.807, 2.05) is 0 Å². The SMILES string of the molecule is O=P(O)(O)OP(=O)(O)Oc1cc(Cl)ccc1Oc1ccc(Cl)cc1Cl. The van der Waals surface area contributed by atoms with Gasteiger partial charge in [0.15, 0.2) is 11.5 Å².